The second-order valence-corrected chi connectivity index (χ2v) is 7.04. The molecule has 1 aromatic rings. The Labute approximate surface area is 125 Å². The molecule has 0 aliphatic carbocycles. The van der Waals surface area contributed by atoms with Gasteiger partial charge in [-0.15, -0.1) is 11.3 Å². The zero-order valence-electron chi connectivity index (χ0n) is 13.2. The smallest absolute Gasteiger partial charge is 0.176 e. The van der Waals surface area contributed by atoms with Crippen molar-refractivity contribution in [1.29, 1.82) is 0 Å². The molecule has 20 heavy (non-hydrogen) atoms. The summed E-state index contributed by atoms with van der Waals surface area (Å²) in [7, 11) is 5.68. The predicted octanol–water partition coefficient (Wildman–Crippen LogP) is 2.54. The van der Waals surface area contributed by atoms with Gasteiger partial charge < -0.3 is 20.7 Å². The minimum atomic E-state index is -0.0357. The van der Waals surface area contributed by atoms with Gasteiger partial charge in [0.05, 0.1) is 17.7 Å². The number of thiophene rings is 1. The van der Waals surface area contributed by atoms with Crippen LogP contribution in [0.25, 0.3) is 0 Å². The summed E-state index contributed by atoms with van der Waals surface area (Å²) in [5, 5.41) is 4.18. The van der Waals surface area contributed by atoms with E-state index < -0.39 is 0 Å². The van der Waals surface area contributed by atoms with Crippen molar-refractivity contribution in [1.82, 2.24) is 4.90 Å². The van der Waals surface area contributed by atoms with Gasteiger partial charge in [-0.05, 0) is 19.5 Å². The van der Waals surface area contributed by atoms with Crippen LogP contribution in [-0.2, 0) is 0 Å². The summed E-state index contributed by atoms with van der Waals surface area (Å²) in [5.74, 6) is 0.534. The molecule has 114 valence electrons. The Morgan fingerprint density at radius 3 is 2.50 bits per heavy atom. The first-order chi connectivity index (χ1) is 9.18. The zero-order chi connectivity index (χ0) is 15.5. The van der Waals surface area contributed by atoms with E-state index in [4.69, 9.17) is 10.5 Å². The molecule has 0 atom stereocenters. The van der Waals surface area contributed by atoms with Crippen LogP contribution in [0.4, 0.5) is 10.7 Å². The second-order valence-electron chi connectivity index (χ2n) is 6.02. The molecule has 6 heteroatoms. The molecule has 0 bridgehead atoms. The summed E-state index contributed by atoms with van der Waals surface area (Å²) >= 11 is 1.35. The third kappa shape index (κ3) is 4.11. The first-order valence-electron chi connectivity index (χ1n) is 6.53. The van der Waals surface area contributed by atoms with Crippen molar-refractivity contribution in [2.45, 2.75) is 20.8 Å². The van der Waals surface area contributed by atoms with Crippen molar-refractivity contribution in [3.63, 3.8) is 0 Å². The maximum Gasteiger partial charge on any atom is 0.176 e. The molecule has 0 saturated heterocycles. The van der Waals surface area contributed by atoms with Gasteiger partial charge in [0, 0.05) is 20.0 Å². The lowest BCUT2D eigenvalue weighted by Crippen LogP contribution is -2.34. The van der Waals surface area contributed by atoms with Crippen LogP contribution in [0, 0.1) is 5.41 Å². The Morgan fingerprint density at radius 2 is 2.05 bits per heavy atom. The fourth-order valence-electron chi connectivity index (χ4n) is 2.24. The normalized spacial score (nSPS) is 11.8. The summed E-state index contributed by atoms with van der Waals surface area (Å²) < 4.78 is 5.31. The van der Waals surface area contributed by atoms with Gasteiger partial charge in [0.2, 0.25) is 0 Å². The van der Waals surface area contributed by atoms with Crippen molar-refractivity contribution < 1.29 is 9.53 Å². The number of rotatable bonds is 7. The van der Waals surface area contributed by atoms with Crippen molar-refractivity contribution in [2.24, 2.45) is 5.41 Å². The van der Waals surface area contributed by atoms with Crippen LogP contribution >= 0.6 is 11.3 Å². The number of methoxy groups -OCH3 is 1. The van der Waals surface area contributed by atoms with Crippen molar-refractivity contribution in [2.75, 3.05) is 45.3 Å². The Balaban J connectivity index is 2.88. The van der Waals surface area contributed by atoms with E-state index in [1.165, 1.54) is 18.3 Å². The number of carbonyl (C=O) groups is 1. The summed E-state index contributed by atoms with van der Waals surface area (Å²) in [6.07, 6.45) is 0. The van der Waals surface area contributed by atoms with Gasteiger partial charge in [0.15, 0.2) is 11.5 Å². The monoisotopic (exact) mass is 299 g/mol. The number of nitrogen functional groups attached to an aromatic ring is 1. The summed E-state index contributed by atoms with van der Waals surface area (Å²) in [4.78, 5) is 14.2. The van der Waals surface area contributed by atoms with Gasteiger partial charge in [-0.1, -0.05) is 13.8 Å². The van der Waals surface area contributed by atoms with Crippen LogP contribution in [0.2, 0.25) is 0 Å². The van der Waals surface area contributed by atoms with Gasteiger partial charge in [0.1, 0.15) is 5.00 Å². The van der Waals surface area contributed by atoms with E-state index in [1.807, 2.05) is 0 Å². The summed E-state index contributed by atoms with van der Waals surface area (Å²) in [6, 6.07) is 0. The van der Waals surface area contributed by atoms with Crippen LogP contribution in [0.15, 0.2) is 0 Å². The summed E-state index contributed by atoms with van der Waals surface area (Å²) in [5.41, 5.74) is 6.48. The Hall–Kier alpha value is -1.27. The number of hydrogen-bond donors (Lipinski definition) is 2. The Morgan fingerprint density at radius 1 is 1.45 bits per heavy atom. The van der Waals surface area contributed by atoms with Gasteiger partial charge in [-0.3, -0.25) is 4.79 Å². The number of carbonyl (C=O) groups excluding carboxylic acids is 1. The first kappa shape index (κ1) is 16.8. The average molecular weight is 299 g/mol. The molecule has 0 aliphatic heterocycles. The molecule has 1 rings (SSSR count). The maximum absolute atomic E-state index is 11.5. The van der Waals surface area contributed by atoms with Crippen LogP contribution in [0.5, 0.6) is 5.75 Å². The third-order valence-electron chi connectivity index (χ3n) is 2.90. The highest BCUT2D eigenvalue weighted by Gasteiger charge is 2.23. The SMILES string of the molecule is COc1c(NCC(C)(C)CN(C)C)sc(C(C)=O)c1N. The standard InChI is InChI=1S/C14H25N3O2S/c1-9(18)12-10(15)11(19-6)13(20-12)16-7-14(2,3)8-17(4)5/h16H,7-8,15H2,1-6H3. The van der Waals surface area contributed by atoms with E-state index in [0.29, 0.717) is 16.3 Å². The fourth-order valence-corrected chi connectivity index (χ4v) is 3.22. The average Bonchev–Trinajstić information content (AvgIpc) is 2.61. The van der Waals surface area contributed by atoms with Gasteiger partial charge >= 0.3 is 0 Å². The van der Waals surface area contributed by atoms with E-state index in [0.717, 1.165) is 18.1 Å². The highest BCUT2D eigenvalue weighted by molar-refractivity contribution is 7.19. The van der Waals surface area contributed by atoms with Gasteiger partial charge in [-0.25, -0.2) is 0 Å². The number of hydrogen-bond acceptors (Lipinski definition) is 6. The predicted molar refractivity (Wildman–Crippen MR) is 86.1 cm³/mol. The van der Waals surface area contributed by atoms with E-state index >= 15 is 0 Å². The molecular weight excluding hydrogens is 274 g/mol. The minimum absolute atomic E-state index is 0.0357. The zero-order valence-corrected chi connectivity index (χ0v) is 14.0. The molecule has 0 amide bonds. The molecule has 0 saturated carbocycles. The number of nitrogens with zero attached hydrogens (tertiary/aromatic N) is 1. The molecule has 0 fully saturated rings. The minimum Gasteiger partial charge on any atom is -0.492 e. The quantitative estimate of drug-likeness (QED) is 0.757. The highest BCUT2D eigenvalue weighted by atomic mass is 32.1. The van der Waals surface area contributed by atoms with Crippen LogP contribution in [0.1, 0.15) is 30.4 Å². The molecule has 0 aromatic carbocycles. The largest absolute Gasteiger partial charge is 0.492 e. The second kappa shape index (κ2) is 6.45. The molecule has 1 heterocycles. The van der Waals surface area contributed by atoms with E-state index in [2.05, 4.69) is 38.2 Å². The van der Waals surface area contributed by atoms with Crippen LogP contribution in [-0.4, -0.2) is 45.0 Å². The Kier molecular flexibility index (Phi) is 5.42. The lowest BCUT2D eigenvalue weighted by Gasteiger charge is -2.28. The maximum atomic E-state index is 11.5. The molecule has 5 nitrogen and oxygen atoms in total. The van der Waals surface area contributed by atoms with E-state index in [1.54, 1.807) is 7.11 Å². The van der Waals surface area contributed by atoms with Crippen molar-refractivity contribution in [3.8, 4) is 5.75 Å². The molecule has 0 radical (unpaired) electrons. The molecule has 0 spiro atoms. The molecule has 0 unspecified atom stereocenters. The number of anilines is 2. The third-order valence-corrected chi connectivity index (χ3v) is 4.14. The number of nitrogens with two attached hydrogens (primary N) is 1. The van der Waals surface area contributed by atoms with Gasteiger partial charge in [0.25, 0.3) is 0 Å². The van der Waals surface area contributed by atoms with E-state index in [9.17, 15) is 4.79 Å². The van der Waals surface area contributed by atoms with Crippen LogP contribution < -0.4 is 15.8 Å². The molecular formula is C14H25N3O2S. The van der Waals surface area contributed by atoms with Crippen molar-refractivity contribution >= 4 is 27.8 Å². The number of ether oxygens (including phenoxy) is 1. The first-order valence-corrected chi connectivity index (χ1v) is 7.35. The molecule has 3 N–H and O–H groups in total. The summed E-state index contributed by atoms with van der Waals surface area (Å²) in [6.45, 7) is 7.63. The fraction of sp³-hybridized carbons (Fsp3) is 0.643. The topological polar surface area (TPSA) is 67.6 Å². The Bertz CT molecular complexity index is 481. The van der Waals surface area contributed by atoms with Gasteiger partial charge in [-0.2, -0.15) is 0 Å². The van der Waals surface area contributed by atoms with Crippen molar-refractivity contribution in [3.05, 3.63) is 4.88 Å². The highest BCUT2D eigenvalue weighted by Crippen LogP contribution is 2.42. The molecule has 0 aliphatic rings. The number of Topliss-reactive ketones (excluding diaryl/α,β-unsaturated/α-hetero) is 1. The van der Waals surface area contributed by atoms with Crippen LogP contribution in [0.3, 0.4) is 0 Å². The molecule has 1 aromatic heterocycles. The number of ketones is 1. The number of nitrogens with one attached hydrogen (secondary N) is 1. The van der Waals surface area contributed by atoms with E-state index in [-0.39, 0.29) is 11.2 Å². The lowest BCUT2D eigenvalue weighted by molar-refractivity contribution is 0.102. The lowest BCUT2D eigenvalue weighted by atomic mass is 9.93.